The molecule has 4 rings (SSSR count). The zero-order valence-electron chi connectivity index (χ0n) is 22.1. The van der Waals surface area contributed by atoms with Crippen molar-refractivity contribution in [2.45, 2.75) is 89.9 Å². The number of fused-ring (bicyclic) bond motifs is 1. The quantitative estimate of drug-likeness (QED) is 0.593. The van der Waals surface area contributed by atoms with Crippen LogP contribution in [0.4, 0.5) is 0 Å². The van der Waals surface area contributed by atoms with Gasteiger partial charge in [-0.05, 0) is 74.8 Å². The summed E-state index contributed by atoms with van der Waals surface area (Å²) in [7, 11) is 1.68. The zero-order chi connectivity index (χ0) is 25.8. The maximum Gasteiger partial charge on any atom is 0.243 e. The summed E-state index contributed by atoms with van der Waals surface area (Å²) in [5.41, 5.74) is 2.38. The molecule has 1 aromatic rings. The number of amides is 3. The second-order valence-electron chi connectivity index (χ2n) is 11.1. The maximum absolute atomic E-state index is 13.5. The van der Waals surface area contributed by atoms with E-state index in [1.54, 1.807) is 14.0 Å². The van der Waals surface area contributed by atoms with Gasteiger partial charge >= 0.3 is 0 Å². The van der Waals surface area contributed by atoms with Crippen molar-refractivity contribution >= 4 is 17.7 Å². The van der Waals surface area contributed by atoms with E-state index in [1.165, 1.54) is 10.5 Å². The van der Waals surface area contributed by atoms with Crippen LogP contribution in [0.25, 0.3) is 0 Å². The van der Waals surface area contributed by atoms with Crippen LogP contribution >= 0.6 is 0 Å². The fourth-order valence-electron chi connectivity index (χ4n) is 5.21. The predicted octanol–water partition coefficient (Wildman–Crippen LogP) is 2.19. The molecular formula is C28H42N4O4. The minimum Gasteiger partial charge on any atom is -0.489 e. The smallest absolute Gasteiger partial charge is 0.243 e. The number of hydrogen-bond donors (Lipinski definition) is 3. The monoisotopic (exact) mass is 498 g/mol. The van der Waals surface area contributed by atoms with Crippen LogP contribution in [0, 0.1) is 11.8 Å². The number of ether oxygens (including phenoxy) is 1. The Kier molecular flexibility index (Phi) is 8.54. The summed E-state index contributed by atoms with van der Waals surface area (Å²) >= 11 is 0. The number of nitrogens with one attached hydrogen (secondary N) is 3. The number of aryl methyl sites for hydroxylation is 2. The molecule has 3 N–H and O–H groups in total. The molecule has 36 heavy (non-hydrogen) atoms. The average molecular weight is 499 g/mol. The van der Waals surface area contributed by atoms with Crippen LogP contribution in [-0.2, 0) is 27.2 Å². The number of benzene rings is 1. The van der Waals surface area contributed by atoms with Crippen LogP contribution in [0.5, 0.6) is 5.75 Å². The van der Waals surface area contributed by atoms with Crippen molar-refractivity contribution in [3.63, 3.8) is 0 Å². The Morgan fingerprint density at radius 3 is 2.47 bits per heavy atom. The van der Waals surface area contributed by atoms with Crippen molar-refractivity contribution in [3.8, 4) is 5.75 Å². The summed E-state index contributed by atoms with van der Waals surface area (Å²) in [4.78, 5) is 41.1. The third-order valence-electron chi connectivity index (χ3n) is 7.69. The molecule has 2 heterocycles. The van der Waals surface area contributed by atoms with Crippen molar-refractivity contribution in [2.75, 3.05) is 20.1 Å². The van der Waals surface area contributed by atoms with Crippen LogP contribution in [0.15, 0.2) is 18.2 Å². The van der Waals surface area contributed by atoms with Gasteiger partial charge in [-0.1, -0.05) is 32.0 Å². The van der Waals surface area contributed by atoms with E-state index in [0.29, 0.717) is 19.5 Å². The SMILES string of the molecule is CC(C)C[C@H]1NC(=O)[C@@H](C)N(C)C(=O)[C@H](C2CC2)NC[C@H]2CCc3cccc(c3O2)CCCNC1=O. The molecule has 4 atom stereocenters. The Morgan fingerprint density at radius 2 is 1.78 bits per heavy atom. The first-order chi connectivity index (χ1) is 17.2. The second kappa shape index (κ2) is 11.6. The first-order valence-electron chi connectivity index (χ1n) is 13.6. The van der Waals surface area contributed by atoms with Crippen molar-refractivity contribution in [3.05, 3.63) is 29.3 Å². The van der Waals surface area contributed by atoms with Crippen molar-refractivity contribution in [2.24, 2.45) is 11.8 Å². The number of hydrogen-bond acceptors (Lipinski definition) is 5. The normalized spacial score (nSPS) is 28.6. The Balaban J connectivity index is 1.57. The average Bonchev–Trinajstić information content (AvgIpc) is 3.69. The summed E-state index contributed by atoms with van der Waals surface area (Å²) in [6, 6.07) is 4.66. The lowest BCUT2D eigenvalue weighted by Gasteiger charge is -2.32. The van der Waals surface area contributed by atoms with Gasteiger partial charge in [-0.3, -0.25) is 14.4 Å². The molecule has 8 nitrogen and oxygen atoms in total. The van der Waals surface area contributed by atoms with Gasteiger partial charge < -0.3 is 25.6 Å². The van der Waals surface area contributed by atoms with Gasteiger partial charge in [0.1, 0.15) is 23.9 Å². The highest BCUT2D eigenvalue weighted by molar-refractivity contribution is 5.93. The number of nitrogens with zero attached hydrogens (tertiary/aromatic N) is 1. The van der Waals surface area contributed by atoms with Gasteiger partial charge in [0.2, 0.25) is 17.7 Å². The molecule has 1 saturated carbocycles. The highest BCUT2D eigenvalue weighted by Crippen LogP contribution is 2.35. The molecule has 0 spiro atoms. The predicted molar refractivity (Wildman–Crippen MR) is 139 cm³/mol. The van der Waals surface area contributed by atoms with Crippen molar-refractivity contribution < 1.29 is 19.1 Å². The lowest BCUT2D eigenvalue weighted by molar-refractivity contribution is -0.141. The molecule has 3 aliphatic rings. The van der Waals surface area contributed by atoms with Gasteiger partial charge in [0, 0.05) is 20.1 Å². The standard InChI is InChI=1S/C28H42N4O4/c1-17(2)15-23-27(34)29-14-6-9-20-7-5-8-21-12-13-22(36-25(20)21)16-30-24(19-10-11-19)28(35)32(4)18(3)26(33)31-23/h5,7-8,17-19,22-24,30H,6,9-16H2,1-4H3,(H,29,34)(H,31,33)/t18-,22-,23-,24+/m1/s1. The van der Waals surface area contributed by atoms with Gasteiger partial charge in [0.15, 0.2) is 0 Å². The van der Waals surface area contributed by atoms with Gasteiger partial charge in [0.05, 0.1) is 6.04 Å². The molecule has 2 bridgehead atoms. The van der Waals surface area contributed by atoms with E-state index in [1.807, 2.05) is 13.8 Å². The molecular weight excluding hydrogens is 456 g/mol. The first kappa shape index (κ1) is 26.5. The molecule has 0 saturated heterocycles. The number of likely N-dealkylation sites (N-methyl/N-ethyl adjacent to an activating group) is 1. The van der Waals surface area contributed by atoms with Crippen molar-refractivity contribution in [1.29, 1.82) is 0 Å². The number of para-hydroxylation sites is 1. The van der Waals surface area contributed by atoms with Crippen LogP contribution in [0.1, 0.15) is 64.0 Å². The molecule has 3 amide bonds. The summed E-state index contributed by atoms with van der Waals surface area (Å²) in [6.45, 7) is 6.91. The Bertz CT molecular complexity index is 961. The third-order valence-corrected chi connectivity index (χ3v) is 7.69. The van der Waals surface area contributed by atoms with Crippen LogP contribution in [0.2, 0.25) is 0 Å². The Hall–Kier alpha value is -2.61. The fraction of sp³-hybridized carbons (Fsp3) is 0.679. The van der Waals surface area contributed by atoms with E-state index in [-0.39, 0.29) is 41.7 Å². The van der Waals surface area contributed by atoms with E-state index in [2.05, 4.69) is 34.1 Å². The number of carbonyl (C=O) groups is 3. The molecule has 198 valence electrons. The molecule has 1 aliphatic carbocycles. The largest absolute Gasteiger partial charge is 0.489 e. The van der Waals surface area contributed by atoms with E-state index < -0.39 is 12.1 Å². The number of rotatable bonds is 3. The maximum atomic E-state index is 13.5. The lowest BCUT2D eigenvalue weighted by Crippen LogP contribution is -2.57. The Labute approximate surface area is 214 Å². The minimum atomic E-state index is -0.678. The first-order valence-corrected chi connectivity index (χ1v) is 13.6. The highest BCUT2D eigenvalue weighted by Gasteiger charge is 2.40. The fourth-order valence-corrected chi connectivity index (χ4v) is 5.21. The van der Waals surface area contributed by atoms with E-state index >= 15 is 0 Å². The lowest BCUT2D eigenvalue weighted by atomic mass is 9.96. The van der Waals surface area contributed by atoms with Gasteiger partial charge in [-0.2, -0.15) is 0 Å². The van der Waals surface area contributed by atoms with Gasteiger partial charge in [0.25, 0.3) is 0 Å². The highest BCUT2D eigenvalue weighted by atomic mass is 16.5. The van der Waals surface area contributed by atoms with Crippen molar-refractivity contribution in [1.82, 2.24) is 20.9 Å². The molecule has 8 heteroatoms. The molecule has 2 aliphatic heterocycles. The van der Waals surface area contributed by atoms with E-state index in [9.17, 15) is 14.4 Å². The second-order valence-corrected chi connectivity index (χ2v) is 11.1. The summed E-state index contributed by atoms with van der Waals surface area (Å²) in [6.07, 6.45) is 5.98. The third kappa shape index (κ3) is 6.38. The Morgan fingerprint density at radius 1 is 1.06 bits per heavy atom. The number of carbonyl (C=O) groups excluding carboxylic acids is 3. The van der Waals surface area contributed by atoms with Gasteiger partial charge in [-0.25, -0.2) is 0 Å². The summed E-state index contributed by atoms with van der Waals surface area (Å²) < 4.78 is 6.45. The molecule has 0 unspecified atom stereocenters. The minimum absolute atomic E-state index is 0.00546. The molecule has 1 aromatic carbocycles. The molecule has 0 aromatic heterocycles. The van der Waals surface area contributed by atoms with Crippen LogP contribution < -0.4 is 20.7 Å². The molecule has 0 radical (unpaired) electrons. The molecule has 1 fully saturated rings. The van der Waals surface area contributed by atoms with Crippen LogP contribution in [-0.4, -0.2) is 67.0 Å². The van der Waals surface area contributed by atoms with E-state index in [4.69, 9.17) is 4.74 Å². The topological polar surface area (TPSA) is 99.8 Å². The van der Waals surface area contributed by atoms with E-state index in [0.717, 1.165) is 49.8 Å². The summed E-state index contributed by atoms with van der Waals surface area (Å²) in [5.74, 6) is 0.920. The summed E-state index contributed by atoms with van der Waals surface area (Å²) in [5, 5.41) is 9.42. The van der Waals surface area contributed by atoms with Gasteiger partial charge in [-0.15, -0.1) is 0 Å². The zero-order valence-corrected chi connectivity index (χ0v) is 22.1. The van der Waals surface area contributed by atoms with Crippen LogP contribution in [0.3, 0.4) is 0 Å².